The number of anilines is 2. The molecule has 0 aliphatic heterocycles. The molecule has 0 aliphatic carbocycles. The quantitative estimate of drug-likeness (QED) is 0.805. The van der Waals surface area contributed by atoms with E-state index in [1.807, 2.05) is 0 Å². The Kier molecular flexibility index (Phi) is 5.95. The predicted octanol–water partition coefficient (Wildman–Crippen LogP) is 2.89. The lowest BCUT2D eigenvalue weighted by Gasteiger charge is -2.19. The van der Waals surface area contributed by atoms with E-state index in [-0.39, 0.29) is 17.2 Å². The lowest BCUT2D eigenvalue weighted by molar-refractivity contribution is -0.115. The van der Waals surface area contributed by atoms with Crippen LogP contribution in [-0.4, -0.2) is 28.4 Å². The van der Waals surface area contributed by atoms with Crippen LogP contribution in [0.4, 0.5) is 11.4 Å². The van der Waals surface area contributed by atoms with Crippen LogP contribution in [0.15, 0.2) is 41.3 Å². The predicted molar refractivity (Wildman–Crippen MR) is 101 cm³/mol. The van der Waals surface area contributed by atoms with Gasteiger partial charge in [-0.15, -0.1) is 0 Å². The van der Waals surface area contributed by atoms with Crippen molar-refractivity contribution in [2.75, 3.05) is 24.3 Å². The Bertz CT molecular complexity index is 915. The largest absolute Gasteiger partial charge is 0.376 e. The molecule has 134 valence electrons. The molecule has 3 N–H and O–H groups in total. The number of benzene rings is 2. The molecule has 0 saturated heterocycles. The number of hydrogen-bond acceptors (Lipinski definition) is 4. The molecule has 2 rings (SSSR count). The van der Waals surface area contributed by atoms with Gasteiger partial charge in [-0.25, -0.2) is 13.6 Å². The van der Waals surface area contributed by atoms with Crippen molar-refractivity contribution < 1.29 is 13.2 Å². The lowest BCUT2D eigenvalue weighted by Crippen LogP contribution is -2.19. The lowest BCUT2D eigenvalue weighted by atomic mass is 10.1. The van der Waals surface area contributed by atoms with Crippen molar-refractivity contribution >= 4 is 50.5 Å². The number of primary sulfonamides is 1. The zero-order valence-corrected chi connectivity index (χ0v) is 15.9. The summed E-state index contributed by atoms with van der Waals surface area (Å²) < 4.78 is 23.1. The Morgan fingerprint density at radius 2 is 1.80 bits per heavy atom. The first-order chi connectivity index (χ1) is 11.6. The van der Waals surface area contributed by atoms with E-state index in [0.29, 0.717) is 27.0 Å². The summed E-state index contributed by atoms with van der Waals surface area (Å²) in [5, 5.41) is 8.63. The number of nitrogens with one attached hydrogen (secondary N) is 1. The molecule has 0 bridgehead atoms. The molecular formula is C16H17Cl2N3O3S. The Labute approximate surface area is 156 Å². The second-order valence-corrected chi connectivity index (χ2v) is 7.97. The van der Waals surface area contributed by atoms with Gasteiger partial charge in [0.25, 0.3) is 0 Å². The highest BCUT2D eigenvalue weighted by Gasteiger charge is 2.15. The number of nitrogens with zero attached hydrogens (tertiary/aromatic N) is 1. The highest BCUT2D eigenvalue weighted by molar-refractivity contribution is 7.89. The van der Waals surface area contributed by atoms with Gasteiger partial charge >= 0.3 is 0 Å². The van der Waals surface area contributed by atoms with Crippen LogP contribution in [0.5, 0.6) is 0 Å². The Morgan fingerprint density at radius 1 is 1.12 bits per heavy atom. The van der Waals surface area contributed by atoms with Gasteiger partial charge in [0.2, 0.25) is 15.9 Å². The fraction of sp³-hybridized carbons (Fsp3) is 0.188. The molecule has 0 aliphatic rings. The summed E-state index contributed by atoms with van der Waals surface area (Å²) in [4.78, 5) is 14.0. The summed E-state index contributed by atoms with van der Waals surface area (Å²) in [6.07, 6.45) is 0.0589. The van der Waals surface area contributed by atoms with Crippen LogP contribution in [0.2, 0.25) is 10.0 Å². The average molecular weight is 402 g/mol. The van der Waals surface area contributed by atoms with Crippen LogP contribution in [0.1, 0.15) is 5.56 Å². The molecule has 6 nitrogen and oxygen atoms in total. The molecule has 2 aromatic carbocycles. The number of rotatable bonds is 5. The average Bonchev–Trinajstić information content (AvgIpc) is 2.49. The normalized spacial score (nSPS) is 11.2. The minimum absolute atomic E-state index is 0.0589. The molecule has 0 aromatic heterocycles. The summed E-state index contributed by atoms with van der Waals surface area (Å²) in [5.41, 5.74) is 1.68. The first-order valence-electron chi connectivity index (χ1n) is 7.16. The van der Waals surface area contributed by atoms with E-state index in [2.05, 4.69) is 5.32 Å². The van der Waals surface area contributed by atoms with Crippen molar-refractivity contribution in [1.29, 1.82) is 0 Å². The first-order valence-corrected chi connectivity index (χ1v) is 9.46. The monoisotopic (exact) mass is 401 g/mol. The molecular weight excluding hydrogens is 385 g/mol. The second kappa shape index (κ2) is 7.61. The van der Waals surface area contributed by atoms with E-state index in [1.165, 1.54) is 12.1 Å². The van der Waals surface area contributed by atoms with Gasteiger partial charge in [-0.05, 0) is 35.9 Å². The fourth-order valence-electron chi connectivity index (χ4n) is 2.21. The number of halogens is 2. The SMILES string of the molecule is CN(C)c1ccc(S(N)(=O)=O)cc1NC(=O)Cc1ccc(Cl)c(Cl)c1. The molecule has 0 fully saturated rings. The summed E-state index contributed by atoms with van der Waals surface area (Å²) >= 11 is 11.8. The molecule has 0 saturated carbocycles. The Balaban J connectivity index is 2.27. The van der Waals surface area contributed by atoms with Crippen LogP contribution in [-0.2, 0) is 21.2 Å². The van der Waals surface area contributed by atoms with E-state index < -0.39 is 10.0 Å². The summed E-state index contributed by atoms with van der Waals surface area (Å²) in [6.45, 7) is 0. The van der Waals surface area contributed by atoms with Gasteiger partial charge in [-0.1, -0.05) is 29.3 Å². The van der Waals surface area contributed by atoms with Crippen molar-refractivity contribution in [3.63, 3.8) is 0 Å². The molecule has 0 radical (unpaired) electrons. The zero-order valence-electron chi connectivity index (χ0n) is 13.6. The molecule has 0 spiro atoms. The maximum Gasteiger partial charge on any atom is 0.238 e. The van der Waals surface area contributed by atoms with E-state index in [1.54, 1.807) is 43.3 Å². The van der Waals surface area contributed by atoms with Crippen LogP contribution in [0.25, 0.3) is 0 Å². The van der Waals surface area contributed by atoms with E-state index >= 15 is 0 Å². The van der Waals surface area contributed by atoms with Crippen molar-refractivity contribution in [3.05, 3.63) is 52.0 Å². The highest BCUT2D eigenvalue weighted by Crippen LogP contribution is 2.28. The molecule has 9 heteroatoms. The maximum absolute atomic E-state index is 12.3. The third-order valence-corrected chi connectivity index (χ3v) is 5.05. The van der Waals surface area contributed by atoms with Crippen molar-refractivity contribution in [1.82, 2.24) is 0 Å². The van der Waals surface area contributed by atoms with Crippen LogP contribution < -0.4 is 15.4 Å². The van der Waals surface area contributed by atoms with Crippen LogP contribution in [0, 0.1) is 0 Å². The third-order valence-electron chi connectivity index (χ3n) is 3.40. The Morgan fingerprint density at radius 3 is 2.36 bits per heavy atom. The fourth-order valence-corrected chi connectivity index (χ4v) is 3.07. The minimum Gasteiger partial charge on any atom is -0.376 e. The summed E-state index contributed by atoms with van der Waals surface area (Å²) in [5.74, 6) is -0.326. The molecule has 0 atom stereocenters. The number of sulfonamides is 1. The second-order valence-electron chi connectivity index (χ2n) is 5.59. The standard InChI is InChI=1S/C16H17Cl2N3O3S/c1-21(2)15-6-4-11(25(19,23)24)9-14(15)20-16(22)8-10-3-5-12(17)13(18)7-10/h3-7,9H,8H2,1-2H3,(H,20,22)(H2,19,23,24). The topological polar surface area (TPSA) is 92.5 Å². The van der Waals surface area contributed by atoms with Gasteiger partial charge in [0.15, 0.2) is 0 Å². The number of amides is 1. The van der Waals surface area contributed by atoms with Gasteiger partial charge in [0.1, 0.15) is 0 Å². The first kappa shape index (κ1) is 19.5. The number of hydrogen-bond donors (Lipinski definition) is 2. The van der Waals surface area contributed by atoms with Gasteiger partial charge in [-0.3, -0.25) is 4.79 Å². The van der Waals surface area contributed by atoms with E-state index in [0.717, 1.165) is 0 Å². The highest BCUT2D eigenvalue weighted by atomic mass is 35.5. The summed E-state index contributed by atoms with van der Waals surface area (Å²) in [6, 6.07) is 9.21. The number of nitrogens with two attached hydrogens (primary N) is 1. The molecule has 2 aromatic rings. The smallest absolute Gasteiger partial charge is 0.238 e. The van der Waals surface area contributed by atoms with Crippen molar-refractivity contribution in [2.24, 2.45) is 5.14 Å². The molecule has 0 heterocycles. The number of carbonyl (C=O) groups is 1. The van der Waals surface area contributed by atoms with Crippen LogP contribution in [0.3, 0.4) is 0 Å². The molecule has 1 amide bonds. The molecule has 25 heavy (non-hydrogen) atoms. The van der Waals surface area contributed by atoms with Crippen molar-refractivity contribution in [2.45, 2.75) is 11.3 Å². The van der Waals surface area contributed by atoms with Crippen LogP contribution >= 0.6 is 23.2 Å². The van der Waals surface area contributed by atoms with E-state index in [9.17, 15) is 13.2 Å². The Hall–Kier alpha value is -1.80. The zero-order chi connectivity index (χ0) is 18.8. The van der Waals surface area contributed by atoms with Gasteiger partial charge in [-0.2, -0.15) is 0 Å². The van der Waals surface area contributed by atoms with Crippen molar-refractivity contribution in [3.8, 4) is 0 Å². The summed E-state index contributed by atoms with van der Waals surface area (Å²) in [7, 11) is -0.318. The maximum atomic E-state index is 12.3. The van der Waals surface area contributed by atoms with Gasteiger partial charge in [0.05, 0.1) is 32.7 Å². The number of carbonyl (C=O) groups excluding carboxylic acids is 1. The minimum atomic E-state index is -3.87. The molecule has 0 unspecified atom stereocenters. The van der Waals surface area contributed by atoms with E-state index in [4.69, 9.17) is 28.3 Å². The van der Waals surface area contributed by atoms with Gasteiger partial charge < -0.3 is 10.2 Å². The van der Waals surface area contributed by atoms with Gasteiger partial charge in [0, 0.05) is 14.1 Å². The third kappa shape index (κ3) is 5.09.